The van der Waals surface area contributed by atoms with Gasteiger partial charge in [0.25, 0.3) is 0 Å². The van der Waals surface area contributed by atoms with Crippen LogP contribution in [0, 0.1) is 6.92 Å². The minimum absolute atomic E-state index is 0.342. The van der Waals surface area contributed by atoms with Gasteiger partial charge in [-0.25, -0.2) is 4.98 Å². The topological polar surface area (TPSA) is 47.9 Å². The molecule has 5 heteroatoms. The molecule has 1 aromatic heterocycles. The minimum atomic E-state index is 0.342. The number of halogens is 1. The zero-order valence-electron chi connectivity index (χ0n) is 10.6. The molecule has 0 fully saturated rings. The van der Waals surface area contributed by atoms with Gasteiger partial charge in [0.05, 0.1) is 7.11 Å². The number of aryl methyl sites for hydroxylation is 2. The lowest BCUT2D eigenvalue weighted by atomic mass is 10.1. The highest BCUT2D eigenvalue weighted by Gasteiger charge is 2.13. The maximum atomic E-state index is 6.12. The Bertz CT molecular complexity index is 572. The van der Waals surface area contributed by atoms with Gasteiger partial charge in [0.2, 0.25) is 0 Å². The fraction of sp³-hybridized carbons (Fsp3) is 0.308. The summed E-state index contributed by atoms with van der Waals surface area (Å²) in [6, 6.07) is 5.93. The highest BCUT2D eigenvalue weighted by Crippen LogP contribution is 2.32. The zero-order valence-corrected chi connectivity index (χ0v) is 11.3. The lowest BCUT2D eigenvalue weighted by molar-refractivity contribution is 0.416. The van der Waals surface area contributed by atoms with Gasteiger partial charge in [0.15, 0.2) is 5.15 Å². The molecule has 2 aromatic rings. The van der Waals surface area contributed by atoms with Gasteiger partial charge < -0.3 is 4.74 Å². The maximum absolute atomic E-state index is 6.12. The number of rotatable bonds is 3. The van der Waals surface area contributed by atoms with Crippen LogP contribution in [0.3, 0.4) is 0 Å². The third-order valence-electron chi connectivity index (χ3n) is 2.68. The number of ether oxygens (including phenoxy) is 1. The van der Waals surface area contributed by atoms with E-state index in [0.29, 0.717) is 22.4 Å². The number of methoxy groups -OCH3 is 1. The second kappa shape index (κ2) is 5.31. The lowest BCUT2D eigenvalue weighted by Gasteiger charge is -2.10. The molecule has 0 amide bonds. The molecule has 0 radical (unpaired) electrons. The molecule has 0 N–H and O–H groups in total. The molecular formula is C13H14ClN3O. The number of benzene rings is 1. The summed E-state index contributed by atoms with van der Waals surface area (Å²) in [5.41, 5.74) is 2.56. The van der Waals surface area contributed by atoms with Crippen molar-refractivity contribution >= 4 is 11.6 Å². The summed E-state index contributed by atoms with van der Waals surface area (Å²) in [5, 5.41) is 8.40. The zero-order chi connectivity index (χ0) is 13.1. The molecule has 0 aliphatic heterocycles. The van der Waals surface area contributed by atoms with Gasteiger partial charge in [-0.2, -0.15) is 0 Å². The summed E-state index contributed by atoms with van der Waals surface area (Å²) in [6.07, 6.45) is 0.932. The van der Waals surface area contributed by atoms with Gasteiger partial charge in [-0.3, -0.25) is 0 Å². The first-order chi connectivity index (χ1) is 8.65. The van der Waals surface area contributed by atoms with Crippen LogP contribution in [0.25, 0.3) is 11.3 Å². The van der Waals surface area contributed by atoms with Gasteiger partial charge in [0, 0.05) is 5.56 Å². The molecule has 0 atom stereocenters. The third-order valence-corrected chi connectivity index (χ3v) is 2.94. The largest absolute Gasteiger partial charge is 0.496 e. The highest BCUT2D eigenvalue weighted by atomic mass is 35.5. The van der Waals surface area contributed by atoms with Gasteiger partial charge >= 0.3 is 0 Å². The molecule has 1 heterocycles. The van der Waals surface area contributed by atoms with E-state index in [4.69, 9.17) is 16.3 Å². The average molecular weight is 264 g/mol. The Morgan fingerprint density at radius 1 is 1.28 bits per heavy atom. The van der Waals surface area contributed by atoms with Crippen molar-refractivity contribution < 1.29 is 4.74 Å². The van der Waals surface area contributed by atoms with Crippen LogP contribution in [-0.2, 0) is 6.42 Å². The highest BCUT2D eigenvalue weighted by molar-refractivity contribution is 6.31. The SMILES string of the molecule is CCc1ccc(OC)c(-c2nnc(C)nc2Cl)c1. The number of hydrogen-bond acceptors (Lipinski definition) is 4. The van der Waals surface area contributed by atoms with Crippen LogP contribution in [0.1, 0.15) is 18.3 Å². The second-order valence-electron chi connectivity index (χ2n) is 3.89. The van der Waals surface area contributed by atoms with Crippen molar-refractivity contribution in [2.75, 3.05) is 7.11 Å². The normalized spacial score (nSPS) is 10.4. The number of hydrogen-bond donors (Lipinski definition) is 0. The Morgan fingerprint density at radius 3 is 2.67 bits per heavy atom. The first-order valence-electron chi connectivity index (χ1n) is 5.69. The van der Waals surface area contributed by atoms with E-state index in [0.717, 1.165) is 12.0 Å². The van der Waals surface area contributed by atoms with E-state index in [2.05, 4.69) is 22.1 Å². The van der Waals surface area contributed by atoms with Gasteiger partial charge in [-0.05, 0) is 31.0 Å². The Labute approximate surface area is 111 Å². The van der Waals surface area contributed by atoms with Crippen molar-refractivity contribution in [1.29, 1.82) is 0 Å². The molecule has 18 heavy (non-hydrogen) atoms. The Morgan fingerprint density at radius 2 is 2.06 bits per heavy atom. The molecule has 0 spiro atoms. The van der Waals surface area contributed by atoms with Crippen molar-refractivity contribution in [1.82, 2.24) is 15.2 Å². The summed E-state index contributed by atoms with van der Waals surface area (Å²) in [6.45, 7) is 3.84. The van der Waals surface area contributed by atoms with E-state index >= 15 is 0 Å². The maximum Gasteiger partial charge on any atom is 0.159 e. The van der Waals surface area contributed by atoms with Crippen LogP contribution in [0.15, 0.2) is 18.2 Å². The number of aromatic nitrogens is 3. The summed E-state index contributed by atoms with van der Waals surface area (Å²) in [5.74, 6) is 1.27. The van der Waals surface area contributed by atoms with Crippen LogP contribution >= 0.6 is 11.6 Å². The predicted molar refractivity (Wildman–Crippen MR) is 70.9 cm³/mol. The molecule has 2 rings (SSSR count). The third kappa shape index (κ3) is 2.43. The molecule has 0 saturated carbocycles. The first-order valence-corrected chi connectivity index (χ1v) is 6.07. The summed E-state index contributed by atoms with van der Waals surface area (Å²) >= 11 is 6.12. The lowest BCUT2D eigenvalue weighted by Crippen LogP contribution is -1.98. The van der Waals surface area contributed by atoms with E-state index in [9.17, 15) is 0 Å². The van der Waals surface area contributed by atoms with Crippen LogP contribution in [0.2, 0.25) is 5.15 Å². The van der Waals surface area contributed by atoms with Crippen LogP contribution < -0.4 is 4.74 Å². The van der Waals surface area contributed by atoms with Crippen LogP contribution in [-0.4, -0.2) is 22.3 Å². The van der Waals surface area contributed by atoms with Crippen molar-refractivity contribution in [2.24, 2.45) is 0 Å². The van der Waals surface area contributed by atoms with Crippen molar-refractivity contribution in [2.45, 2.75) is 20.3 Å². The molecule has 0 unspecified atom stereocenters. The fourth-order valence-corrected chi connectivity index (χ4v) is 1.97. The smallest absolute Gasteiger partial charge is 0.159 e. The molecule has 94 valence electrons. The first kappa shape index (κ1) is 12.8. The van der Waals surface area contributed by atoms with E-state index < -0.39 is 0 Å². The molecule has 4 nitrogen and oxygen atoms in total. The monoisotopic (exact) mass is 263 g/mol. The molecule has 0 aliphatic carbocycles. The van der Waals surface area contributed by atoms with E-state index in [1.54, 1.807) is 14.0 Å². The fourth-order valence-electron chi connectivity index (χ4n) is 1.71. The Hall–Kier alpha value is -1.68. The summed E-state index contributed by atoms with van der Waals surface area (Å²) in [4.78, 5) is 4.12. The second-order valence-corrected chi connectivity index (χ2v) is 4.24. The number of nitrogens with zero attached hydrogens (tertiary/aromatic N) is 3. The van der Waals surface area contributed by atoms with Crippen molar-refractivity contribution in [3.8, 4) is 17.0 Å². The molecular weight excluding hydrogens is 250 g/mol. The molecule has 0 aliphatic rings. The summed E-state index contributed by atoms with van der Waals surface area (Å²) < 4.78 is 5.33. The predicted octanol–water partition coefficient (Wildman–Crippen LogP) is 3.07. The quantitative estimate of drug-likeness (QED) is 0.854. The van der Waals surface area contributed by atoms with Crippen LogP contribution in [0.4, 0.5) is 0 Å². The molecule has 0 bridgehead atoms. The standard InChI is InChI=1S/C13H14ClN3O/c1-4-9-5-6-11(18-3)10(7-9)12-13(14)15-8(2)16-17-12/h5-7H,4H2,1-3H3. The molecule has 0 saturated heterocycles. The van der Waals surface area contributed by atoms with Crippen LogP contribution in [0.5, 0.6) is 5.75 Å². The average Bonchev–Trinajstić information content (AvgIpc) is 2.38. The van der Waals surface area contributed by atoms with Crippen molar-refractivity contribution in [3.63, 3.8) is 0 Å². The van der Waals surface area contributed by atoms with Gasteiger partial charge in [-0.1, -0.05) is 24.6 Å². The van der Waals surface area contributed by atoms with E-state index in [1.807, 2.05) is 18.2 Å². The Balaban J connectivity index is 2.60. The Kier molecular flexibility index (Phi) is 3.77. The van der Waals surface area contributed by atoms with E-state index in [-0.39, 0.29) is 0 Å². The molecule has 1 aromatic carbocycles. The van der Waals surface area contributed by atoms with Gasteiger partial charge in [0.1, 0.15) is 17.3 Å². The van der Waals surface area contributed by atoms with Gasteiger partial charge in [-0.15, -0.1) is 10.2 Å². The van der Waals surface area contributed by atoms with E-state index in [1.165, 1.54) is 5.56 Å². The minimum Gasteiger partial charge on any atom is -0.496 e. The van der Waals surface area contributed by atoms with Crippen molar-refractivity contribution in [3.05, 3.63) is 34.7 Å². The summed E-state index contributed by atoms with van der Waals surface area (Å²) in [7, 11) is 1.62.